The first kappa shape index (κ1) is 16.3. The summed E-state index contributed by atoms with van der Waals surface area (Å²) in [5.74, 6) is -0.342. The number of hydrogen-bond donors (Lipinski definition) is 2. The van der Waals surface area contributed by atoms with Crippen LogP contribution >= 0.6 is 27.5 Å². The summed E-state index contributed by atoms with van der Waals surface area (Å²) in [4.78, 5) is -0.132. The molecule has 0 spiro atoms. The zero-order valence-electron chi connectivity index (χ0n) is 10.8. The minimum atomic E-state index is -4.03. The molecular weight excluding hydrogens is 387 g/mol. The van der Waals surface area contributed by atoms with Gasteiger partial charge in [-0.05, 0) is 35.1 Å². The third-order valence-electron chi connectivity index (χ3n) is 2.55. The summed E-state index contributed by atoms with van der Waals surface area (Å²) in [5, 5.41) is 2.80. The van der Waals surface area contributed by atoms with Crippen molar-refractivity contribution in [3.05, 3.63) is 45.5 Å². The van der Waals surface area contributed by atoms with Gasteiger partial charge in [-0.25, -0.2) is 12.8 Å². The quantitative estimate of drug-likeness (QED) is 0.811. The summed E-state index contributed by atoms with van der Waals surface area (Å²) in [6.45, 7) is 0.356. The number of nitrogens with one attached hydrogen (secondary N) is 2. The molecule has 0 saturated carbocycles. The maximum absolute atomic E-state index is 13.7. The van der Waals surface area contributed by atoms with Gasteiger partial charge in [0.2, 0.25) is 0 Å². The molecule has 0 saturated heterocycles. The SMILES string of the molecule is CNCc1cc(S(=O)(=O)Nc2c(F)cccc2Cl)c(Br)o1. The fraction of sp³-hybridized carbons (Fsp3) is 0.167. The molecule has 2 N–H and O–H groups in total. The van der Waals surface area contributed by atoms with E-state index in [9.17, 15) is 12.8 Å². The van der Waals surface area contributed by atoms with Crippen LogP contribution in [0, 0.1) is 5.82 Å². The molecule has 0 aliphatic rings. The Kier molecular flexibility index (Phi) is 4.92. The molecule has 5 nitrogen and oxygen atoms in total. The molecule has 1 aromatic heterocycles. The van der Waals surface area contributed by atoms with Crippen LogP contribution in [0.5, 0.6) is 0 Å². The van der Waals surface area contributed by atoms with Gasteiger partial charge in [0.15, 0.2) is 4.67 Å². The van der Waals surface area contributed by atoms with Crippen molar-refractivity contribution in [2.45, 2.75) is 11.4 Å². The molecule has 2 aromatic rings. The Labute approximate surface area is 134 Å². The molecule has 0 radical (unpaired) electrons. The van der Waals surface area contributed by atoms with E-state index in [0.717, 1.165) is 6.07 Å². The van der Waals surface area contributed by atoms with Crippen molar-refractivity contribution in [1.29, 1.82) is 0 Å². The Balaban J connectivity index is 2.39. The van der Waals surface area contributed by atoms with Crippen molar-refractivity contribution in [3.63, 3.8) is 0 Å². The molecule has 0 bridgehead atoms. The van der Waals surface area contributed by atoms with E-state index >= 15 is 0 Å². The molecule has 114 valence electrons. The second-order valence-electron chi connectivity index (χ2n) is 4.08. The van der Waals surface area contributed by atoms with E-state index < -0.39 is 15.8 Å². The summed E-state index contributed by atoms with van der Waals surface area (Å²) < 4.78 is 45.7. The van der Waals surface area contributed by atoms with Gasteiger partial charge in [0, 0.05) is 6.07 Å². The smallest absolute Gasteiger partial charge is 0.266 e. The maximum Gasteiger partial charge on any atom is 0.266 e. The largest absolute Gasteiger partial charge is 0.451 e. The fourth-order valence-electron chi connectivity index (χ4n) is 1.63. The topological polar surface area (TPSA) is 71.3 Å². The van der Waals surface area contributed by atoms with Gasteiger partial charge < -0.3 is 9.73 Å². The maximum atomic E-state index is 13.7. The Morgan fingerprint density at radius 3 is 2.76 bits per heavy atom. The molecule has 21 heavy (non-hydrogen) atoms. The molecule has 1 aromatic carbocycles. The number of anilines is 1. The van der Waals surface area contributed by atoms with E-state index in [1.807, 2.05) is 0 Å². The number of hydrogen-bond acceptors (Lipinski definition) is 4. The molecule has 0 unspecified atom stereocenters. The van der Waals surface area contributed by atoms with Gasteiger partial charge in [0.25, 0.3) is 10.0 Å². The number of sulfonamides is 1. The highest BCUT2D eigenvalue weighted by atomic mass is 79.9. The van der Waals surface area contributed by atoms with Crippen LogP contribution in [0.1, 0.15) is 5.76 Å². The van der Waals surface area contributed by atoms with E-state index in [1.165, 1.54) is 18.2 Å². The predicted molar refractivity (Wildman–Crippen MR) is 81.4 cm³/mol. The molecule has 0 fully saturated rings. The third-order valence-corrected chi connectivity index (χ3v) is 5.07. The average Bonchev–Trinajstić information content (AvgIpc) is 2.76. The molecule has 1 heterocycles. The Morgan fingerprint density at radius 1 is 1.43 bits per heavy atom. The number of benzene rings is 1. The van der Waals surface area contributed by atoms with E-state index in [0.29, 0.717) is 12.3 Å². The molecule has 2 rings (SSSR count). The number of rotatable bonds is 5. The zero-order chi connectivity index (χ0) is 15.6. The monoisotopic (exact) mass is 396 g/mol. The van der Waals surface area contributed by atoms with Gasteiger partial charge in [-0.1, -0.05) is 17.7 Å². The lowest BCUT2D eigenvalue weighted by Crippen LogP contribution is -2.14. The summed E-state index contributed by atoms with van der Waals surface area (Å²) in [7, 11) is -2.33. The van der Waals surface area contributed by atoms with Crippen LogP contribution in [0.15, 0.2) is 38.2 Å². The number of furan rings is 1. The Morgan fingerprint density at radius 2 is 2.14 bits per heavy atom. The van der Waals surface area contributed by atoms with Crippen molar-refractivity contribution >= 4 is 43.2 Å². The summed E-state index contributed by atoms with van der Waals surface area (Å²) in [5.41, 5.74) is -0.303. The van der Waals surface area contributed by atoms with Crippen molar-refractivity contribution in [2.24, 2.45) is 0 Å². The van der Waals surface area contributed by atoms with Crippen molar-refractivity contribution in [3.8, 4) is 0 Å². The van der Waals surface area contributed by atoms with Crippen molar-refractivity contribution < 1.29 is 17.2 Å². The highest BCUT2D eigenvalue weighted by Crippen LogP contribution is 2.31. The first-order valence-corrected chi connectivity index (χ1v) is 8.40. The van der Waals surface area contributed by atoms with E-state index in [-0.39, 0.29) is 20.3 Å². The first-order valence-electron chi connectivity index (χ1n) is 5.75. The van der Waals surface area contributed by atoms with Gasteiger partial charge in [-0.15, -0.1) is 0 Å². The minimum Gasteiger partial charge on any atom is -0.451 e. The second-order valence-corrected chi connectivity index (χ2v) is 6.86. The van der Waals surface area contributed by atoms with Crippen LogP contribution in [-0.4, -0.2) is 15.5 Å². The van der Waals surface area contributed by atoms with Crippen molar-refractivity contribution in [2.75, 3.05) is 11.8 Å². The molecule has 0 aliphatic carbocycles. The molecular formula is C12H11BrClFN2O3S. The van der Waals surface area contributed by atoms with Crippen LogP contribution in [0.25, 0.3) is 0 Å². The average molecular weight is 398 g/mol. The zero-order valence-corrected chi connectivity index (χ0v) is 13.9. The van der Waals surface area contributed by atoms with Crippen LogP contribution < -0.4 is 10.0 Å². The standard InChI is InChI=1S/C12H11BrClFN2O3S/c1-16-6-7-5-10(12(13)20-7)21(18,19)17-11-8(14)3-2-4-9(11)15/h2-5,16-17H,6H2,1H3. The van der Waals surface area contributed by atoms with E-state index in [1.54, 1.807) is 7.05 Å². The fourth-order valence-corrected chi connectivity index (χ4v) is 3.98. The molecule has 0 atom stereocenters. The Hall–Kier alpha value is -1.09. The summed E-state index contributed by atoms with van der Waals surface area (Å²) in [6.07, 6.45) is 0. The van der Waals surface area contributed by atoms with Crippen molar-refractivity contribution in [1.82, 2.24) is 5.32 Å². The number of para-hydroxylation sites is 1. The lowest BCUT2D eigenvalue weighted by Gasteiger charge is -2.09. The van der Waals surface area contributed by atoms with E-state index in [4.69, 9.17) is 16.0 Å². The van der Waals surface area contributed by atoms with Crippen LogP contribution in [0.3, 0.4) is 0 Å². The third kappa shape index (κ3) is 3.57. The van der Waals surface area contributed by atoms with Gasteiger partial charge in [-0.2, -0.15) is 0 Å². The lowest BCUT2D eigenvalue weighted by atomic mass is 10.3. The second kappa shape index (κ2) is 6.35. The van der Waals surface area contributed by atoms with Gasteiger partial charge >= 0.3 is 0 Å². The lowest BCUT2D eigenvalue weighted by molar-refractivity contribution is 0.470. The summed E-state index contributed by atoms with van der Waals surface area (Å²) >= 11 is 8.84. The molecule has 0 amide bonds. The Bertz CT molecular complexity index is 744. The van der Waals surface area contributed by atoms with E-state index in [2.05, 4.69) is 26.0 Å². The predicted octanol–water partition coefficient (Wildman–Crippen LogP) is 3.35. The summed E-state index contributed by atoms with van der Waals surface area (Å²) in [6, 6.07) is 5.23. The van der Waals surface area contributed by atoms with Crippen LogP contribution in [-0.2, 0) is 16.6 Å². The van der Waals surface area contributed by atoms with Gasteiger partial charge in [0.05, 0.1) is 11.6 Å². The normalized spacial score (nSPS) is 11.6. The minimum absolute atomic E-state index is 0.0337. The highest BCUT2D eigenvalue weighted by Gasteiger charge is 2.24. The number of halogens is 3. The van der Waals surface area contributed by atoms with Gasteiger partial charge in [-0.3, -0.25) is 4.72 Å². The highest BCUT2D eigenvalue weighted by molar-refractivity contribution is 9.10. The first-order chi connectivity index (χ1) is 9.85. The van der Waals surface area contributed by atoms with Crippen LogP contribution in [0.2, 0.25) is 5.02 Å². The van der Waals surface area contributed by atoms with Crippen LogP contribution in [0.4, 0.5) is 10.1 Å². The van der Waals surface area contributed by atoms with Gasteiger partial charge in [0.1, 0.15) is 22.2 Å². The molecule has 9 heteroatoms. The molecule has 0 aliphatic heterocycles.